The molecule has 1 aliphatic rings. The van der Waals surface area contributed by atoms with E-state index in [1.54, 1.807) is 7.11 Å². The van der Waals surface area contributed by atoms with Gasteiger partial charge >= 0.3 is 0 Å². The zero-order valence-electron chi connectivity index (χ0n) is 16.4. The number of fused-ring (bicyclic) bond motifs is 1. The highest BCUT2D eigenvalue weighted by molar-refractivity contribution is 7.20. The van der Waals surface area contributed by atoms with Crippen LogP contribution in [0.2, 0.25) is 0 Å². The minimum absolute atomic E-state index is 0.183. The molecule has 2 aromatic heterocycles. The van der Waals surface area contributed by atoms with Crippen LogP contribution in [0.3, 0.4) is 0 Å². The van der Waals surface area contributed by atoms with Crippen LogP contribution in [0, 0.1) is 5.92 Å². The number of nitrogens with one attached hydrogen (secondary N) is 1. The summed E-state index contributed by atoms with van der Waals surface area (Å²) >= 11 is 1.34. The summed E-state index contributed by atoms with van der Waals surface area (Å²) in [6.45, 7) is 4.34. The maximum absolute atomic E-state index is 12.8. The molecule has 1 aromatic carbocycles. The lowest BCUT2D eigenvalue weighted by Crippen LogP contribution is -2.34. The van der Waals surface area contributed by atoms with E-state index in [0.717, 1.165) is 30.2 Å². The molecule has 29 heavy (non-hydrogen) atoms. The van der Waals surface area contributed by atoms with Crippen LogP contribution < -0.4 is 20.5 Å². The molecule has 1 fully saturated rings. The van der Waals surface area contributed by atoms with Gasteiger partial charge in [-0.05, 0) is 24.8 Å². The molecule has 0 unspecified atom stereocenters. The van der Waals surface area contributed by atoms with Gasteiger partial charge in [0.1, 0.15) is 11.4 Å². The van der Waals surface area contributed by atoms with Crippen molar-refractivity contribution >= 4 is 27.3 Å². The first-order valence-electron chi connectivity index (χ1n) is 9.61. The van der Waals surface area contributed by atoms with Crippen LogP contribution in [0.1, 0.15) is 35.8 Å². The van der Waals surface area contributed by atoms with Crippen molar-refractivity contribution in [3.63, 3.8) is 0 Å². The van der Waals surface area contributed by atoms with Gasteiger partial charge in [-0.3, -0.25) is 9.59 Å². The van der Waals surface area contributed by atoms with E-state index in [9.17, 15) is 9.59 Å². The number of piperidine rings is 1. The molecule has 1 amide bonds. The Kier molecular flexibility index (Phi) is 5.48. The lowest BCUT2D eigenvalue weighted by molar-refractivity contribution is 0.0943. The van der Waals surface area contributed by atoms with Crippen LogP contribution in [-0.2, 0) is 6.54 Å². The highest BCUT2D eigenvalue weighted by atomic mass is 32.1. The third kappa shape index (κ3) is 4.09. The number of nitrogens with zero attached hydrogens (tertiary/aromatic N) is 4. The number of carbonyl (C=O) groups excluding carboxylic acids is 1. The maximum atomic E-state index is 12.8. The fourth-order valence-corrected chi connectivity index (χ4v) is 4.52. The normalized spacial score (nSPS) is 16.8. The second kappa shape index (κ2) is 8.20. The summed E-state index contributed by atoms with van der Waals surface area (Å²) < 4.78 is 6.79. The zero-order chi connectivity index (χ0) is 20.4. The number of hydrogen-bond acceptors (Lipinski definition) is 7. The topological polar surface area (TPSA) is 88.8 Å². The Morgan fingerprint density at radius 2 is 2.21 bits per heavy atom. The van der Waals surface area contributed by atoms with E-state index >= 15 is 0 Å². The minimum atomic E-state index is -0.449. The summed E-state index contributed by atoms with van der Waals surface area (Å²) in [6, 6.07) is 8.70. The molecule has 0 bridgehead atoms. The fourth-order valence-electron chi connectivity index (χ4n) is 3.57. The van der Waals surface area contributed by atoms with E-state index in [1.807, 2.05) is 24.3 Å². The summed E-state index contributed by atoms with van der Waals surface area (Å²) in [5.41, 5.74) is 0.583. The monoisotopic (exact) mass is 413 g/mol. The first-order chi connectivity index (χ1) is 14.0. The molecular weight excluding hydrogens is 390 g/mol. The van der Waals surface area contributed by atoms with Gasteiger partial charge in [0, 0.05) is 31.3 Å². The second-order valence-corrected chi connectivity index (χ2v) is 8.18. The Labute approximate surface area is 172 Å². The average Bonchev–Trinajstić information content (AvgIpc) is 3.15. The Bertz CT molecular complexity index is 1090. The maximum Gasteiger partial charge on any atom is 0.274 e. The van der Waals surface area contributed by atoms with Crippen LogP contribution in [0.5, 0.6) is 5.75 Å². The molecule has 0 saturated carbocycles. The SMILES string of the molecule is COc1ccccc1CNC(=O)c1cc(=O)nc2sc(N3CCC[C@H](C)C3)nn12. The Morgan fingerprint density at radius 3 is 3.00 bits per heavy atom. The molecule has 4 rings (SSSR count). The van der Waals surface area contributed by atoms with Gasteiger partial charge in [0.2, 0.25) is 10.1 Å². The molecule has 0 aliphatic carbocycles. The quantitative estimate of drug-likeness (QED) is 0.691. The van der Waals surface area contributed by atoms with Crippen LogP contribution in [0.4, 0.5) is 5.13 Å². The number of hydrogen-bond donors (Lipinski definition) is 1. The summed E-state index contributed by atoms with van der Waals surface area (Å²) in [7, 11) is 1.59. The highest BCUT2D eigenvalue weighted by Crippen LogP contribution is 2.27. The Balaban J connectivity index is 1.60. The number of para-hydroxylation sites is 1. The van der Waals surface area contributed by atoms with Gasteiger partial charge in [0.15, 0.2) is 0 Å². The third-order valence-electron chi connectivity index (χ3n) is 5.04. The van der Waals surface area contributed by atoms with E-state index in [4.69, 9.17) is 4.74 Å². The summed E-state index contributed by atoms with van der Waals surface area (Å²) in [5, 5.41) is 8.23. The van der Waals surface area contributed by atoms with Crippen molar-refractivity contribution in [2.75, 3.05) is 25.1 Å². The highest BCUT2D eigenvalue weighted by Gasteiger charge is 2.22. The van der Waals surface area contributed by atoms with Crippen molar-refractivity contribution in [1.29, 1.82) is 0 Å². The summed E-state index contributed by atoms with van der Waals surface area (Å²) in [6.07, 6.45) is 2.31. The largest absolute Gasteiger partial charge is 0.496 e. The van der Waals surface area contributed by atoms with Gasteiger partial charge in [-0.15, -0.1) is 5.10 Å². The lowest BCUT2D eigenvalue weighted by atomic mass is 10.0. The fraction of sp³-hybridized carbons (Fsp3) is 0.400. The van der Waals surface area contributed by atoms with Gasteiger partial charge in [0.25, 0.3) is 11.5 Å². The smallest absolute Gasteiger partial charge is 0.274 e. The van der Waals surface area contributed by atoms with Gasteiger partial charge in [-0.2, -0.15) is 9.50 Å². The number of anilines is 1. The zero-order valence-corrected chi connectivity index (χ0v) is 17.2. The number of aromatic nitrogens is 3. The van der Waals surface area contributed by atoms with Crippen molar-refractivity contribution in [2.45, 2.75) is 26.3 Å². The number of methoxy groups -OCH3 is 1. The molecule has 1 aliphatic heterocycles. The molecule has 9 heteroatoms. The number of benzene rings is 1. The van der Waals surface area contributed by atoms with Crippen LogP contribution in [-0.4, -0.2) is 40.7 Å². The number of ether oxygens (including phenoxy) is 1. The van der Waals surface area contributed by atoms with E-state index in [1.165, 1.54) is 28.3 Å². The molecule has 1 N–H and O–H groups in total. The van der Waals surface area contributed by atoms with Crippen molar-refractivity contribution in [1.82, 2.24) is 19.9 Å². The van der Waals surface area contributed by atoms with Gasteiger partial charge in [0.05, 0.1) is 7.11 Å². The number of amides is 1. The summed E-state index contributed by atoms with van der Waals surface area (Å²) in [4.78, 5) is 31.6. The molecule has 1 atom stereocenters. The van der Waals surface area contributed by atoms with E-state index in [-0.39, 0.29) is 18.1 Å². The van der Waals surface area contributed by atoms with Gasteiger partial charge in [-0.25, -0.2) is 0 Å². The Morgan fingerprint density at radius 1 is 1.38 bits per heavy atom. The molecule has 152 valence electrons. The summed E-state index contributed by atoms with van der Waals surface area (Å²) in [5.74, 6) is 0.904. The molecule has 0 spiro atoms. The molecule has 3 heterocycles. The lowest BCUT2D eigenvalue weighted by Gasteiger charge is -2.30. The molecular formula is C20H23N5O3S. The first-order valence-corrected chi connectivity index (χ1v) is 10.4. The standard InChI is InChI=1S/C20H23N5O3S/c1-13-6-5-9-24(12-13)20-23-25-15(10-17(26)22-19(25)29-20)18(27)21-11-14-7-3-4-8-16(14)28-2/h3-4,7-8,10,13H,5-6,9,11-12H2,1-2H3,(H,21,27)/t13-/m0/s1. The van der Waals surface area contributed by atoms with Gasteiger partial charge < -0.3 is 15.0 Å². The van der Waals surface area contributed by atoms with Crippen molar-refractivity contribution in [3.8, 4) is 5.75 Å². The molecule has 0 radical (unpaired) electrons. The second-order valence-electron chi connectivity index (χ2n) is 7.25. The number of rotatable bonds is 5. The van der Waals surface area contributed by atoms with Crippen molar-refractivity contribution < 1.29 is 9.53 Å². The predicted octanol–water partition coefficient (Wildman–Crippen LogP) is 2.33. The third-order valence-corrected chi connectivity index (χ3v) is 6.00. The van der Waals surface area contributed by atoms with E-state index < -0.39 is 5.56 Å². The molecule has 8 nitrogen and oxygen atoms in total. The van der Waals surface area contributed by atoms with Crippen LogP contribution >= 0.6 is 11.3 Å². The van der Waals surface area contributed by atoms with Crippen LogP contribution in [0.25, 0.3) is 4.96 Å². The Hall–Kier alpha value is -2.94. The van der Waals surface area contributed by atoms with Gasteiger partial charge in [-0.1, -0.05) is 36.5 Å². The minimum Gasteiger partial charge on any atom is -0.496 e. The predicted molar refractivity (Wildman–Crippen MR) is 112 cm³/mol. The molecule has 3 aromatic rings. The molecule has 1 saturated heterocycles. The average molecular weight is 414 g/mol. The first kappa shape index (κ1) is 19.4. The van der Waals surface area contributed by atoms with E-state index in [2.05, 4.69) is 27.2 Å². The van der Waals surface area contributed by atoms with E-state index in [0.29, 0.717) is 16.6 Å². The van der Waals surface area contributed by atoms with Crippen molar-refractivity contribution in [3.05, 3.63) is 51.9 Å². The number of carbonyl (C=O) groups is 1. The van der Waals surface area contributed by atoms with Crippen LogP contribution in [0.15, 0.2) is 35.1 Å². The van der Waals surface area contributed by atoms with Crippen molar-refractivity contribution in [2.24, 2.45) is 5.92 Å².